The summed E-state index contributed by atoms with van der Waals surface area (Å²) in [6.45, 7) is 7.09. The van der Waals surface area contributed by atoms with E-state index in [9.17, 15) is 8.42 Å². The number of hydrogen-bond acceptors (Lipinski definition) is 6. The number of fused-ring (bicyclic) bond motifs is 1. The number of pyridine rings is 1. The van der Waals surface area contributed by atoms with Gasteiger partial charge in [0.2, 0.25) is 10.0 Å². The third-order valence-corrected chi connectivity index (χ3v) is 7.56. The van der Waals surface area contributed by atoms with E-state index >= 15 is 0 Å². The van der Waals surface area contributed by atoms with Crippen LogP contribution in [0.2, 0.25) is 0 Å². The zero-order chi connectivity index (χ0) is 19.0. The summed E-state index contributed by atoms with van der Waals surface area (Å²) >= 11 is 1.65. The van der Waals surface area contributed by atoms with E-state index in [-0.39, 0.29) is 0 Å². The van der Waals surface area contributed by atoms with Crippen LogP contribution in [-0.2, 0) is 16.6 Å². The molecule has 2 aromatic heterocycles. The Morgan fingerprint density at radius 1 is 1.15 bits per heavy atom. The first kappa shape index (κ1) is 18.5. The van der Waals surface area contributed by atoms with Crippen LogP contribution in [0, 0.1) is 13.8 Å². The van der Waals surface area contributed by atoms with Gasteiger partial charge in [-0.05, 0) is 31.5 Å². The number of benzene rings is 1. The molecule has 0 unspecified atom stereocenters. The Hall–Kier alpha value is -1.87. The lowest BCUT2D eigenvalue weighted by molar-refractivity contribution is 0.180. The van der Waals surface area contributed by atoms with Crippen molar-refractivity contribution in [3.63, 3.8) is 0 Å². The summed E-state index contributed by atoms with van der Waals surface area (Å²) in [5, 5.41) is 3.99. The SMILES string of the molecule is Cc1cnc2c(S(=O)(=O)N3CCN(Cc4csc(C)n4)CC3)cccc2c1. The Kier molecular flexibility index (Phi) is 4.98. The Morgan fingerprint density at radius 3 is 2.63 bits per heavy atom. The summed E-state index contributed by atoms with van der Waals surface area (Å²) in [6.07, 6.45) is 1.72. The molecule has 4 rings (SSSR count). The van der Waals surface area contributed by atoms with Crippen LogP contribution >= 0.6 is 11.3 Å². The van der Waals surface area contributed by atoms with Crippen LogP contribution in [0.1, 0.15) is 16.3 Å². The minimum Gasteiger partial charge on any atom is -0.295 e. The number of rotatable bonds is 4. The number of sulfonamides is 1. The average Bonchev–Trinajstić information content (AvgIpc) is 3.06. The number of para-hydroxylation sites is 1. The molecule has 0 saturated carbocycles. The number of hydrogen-bond donors (Lipinski definition) is 0. The van der Waals surface area contributed by atoms with Crippen molar-refractivity contribution in [2.45, 2.75) is 25.3 Å². The maximum atomic E-state index is 13.2. The third kappa shape index (κ3) is 3.75. The molecule has 0 bridgehead atoms. The average molecular weight is 403 g/mol. The van der Waals surface area contributed by atoms with Gasteiger partial charge in [0.05, 0.1) is 16.2 Å². The molecular formula is C19H22N4O2S2. The fraction of sp³-hybridized carbons (Fsp3) is 0.368. The lowest BCUT2D eigenvalue weighted by Gasteiger charge is -2.33. The lowest BCUT2D eigenvalue weighted by Crippen LogP contribution is -2.48. The highest BCUT2D eigenvalue weighted by molar-refractivity contribution is 7.89. The van der Waals surface area contributed by atoms with Gasteiger partial charge in [0, 0.05) is 49.7 Å². The van der Waals surface area contributed by atoms with Crippen molar-refractivity contribution < 1.29 is 8.42 Å². The zero-order valence-electron chi connectivity index (χ0n) is 15.4. The number of aromatic nitrogens is 2. The highest BCUT2D eigenvalue weighted by Gasteiger charge is 2.30. The second-order valence-corrected chi connectivity index (χ2v) is 9.85. The van der Waals surface area contributed by atoms with Gasteiger partial charge in [-0.15, -0.1) is 11.3 Å². The Balaban J connectivity index is 1.52. The zero-order valence-corrected chi connectivity index (χ0v) is 17.1. The van der Waals surface area contributed by atoms with E-state index < -0.39 is 10.0 Å². The lowest BCUT2D eigenvalue weighted by atomic mass is 10.2. The smallest absolute Gasteiger partial charge is 0.245 e. The van der Waals surface area contributed by atoms with Crippen LogP contribution in [0.5, 0.6) is 0 Å². The second-order valence-electron chi connectivity index (χ2n) is 6.88. The fourth-order valence-electron chi connectivity index (χ4n) is 3.43. The first-order chi connectivity index (χ1) is 12.9. The molecule has 3 heterocycles. The molecule has 1 aromatic carbocycles. The Labute approximate surface area is 163 Å². The van der Waals surface area contributed by atoms with E-state index in [1.165, 1.54) is 0 Å². The molecule has 0 atom stereocenters. The molecule has 142 valence electrons. The monoisotopic (exact) mass is 402 g/mol. The van der Waals surface area contributed by atoms with Crippen LogP contribution in [0.4, 0.5) is 0 Å². The number of aryl methyl sites for hydroxylation is 2. The molecule has 0 amide bonds. The Bertz CT molecular complexity index is 1070. The van der Waals surface area contributed by atoms with Crippen LogP contribution in [0.25, 0.3) is 10.9 Å². The van der Waals surface area contributed by atoms with Crippen molar-refractivity contribution in [2.24, 2.45) is 0 Å². The summed E-state index contributed by atoms with van der Waals surface area (Å²) in [4.78, 5) is 11.4. The van der Waals surface area contributed by atoms with E-state index in [4.69, 9.17) is 0 Å². The maximum absolute atomic E-state index is 13.2. The van der Waals surface area contributed by atoms with Crippen LogP contribution < -0.4 is 0 Å². The summed E-state index contributed by atoms with van der Waals surface area (Å²) in [5.74, 6) is 0. The minimum absolute atomic E-state index is 0.295. The quantitative estimate of drug-likeness (QED) is 0.671. The van der Waals surface area contributed by atoms with Crippen LogP contribution in [-0.4, -0.2) is 53.8 Å². The van der Waals surface area contributed by atoms with E-state index in [0.29, 0.717) is 36.6 Å². The summed E-state index contributed by atoms with van der Waals surface area (Å²) in [7, 11) is -3.56. The number of piperazine rings is 1. The molecule has 1 saturated heterocycles. The van der Waals surface area contributed by atoms with Gasteiger partial charge in [-0.25, -0.2) is 13.4 Å². The molecule has 1 aliphatic rings. The van der Waals surface area contributed by atoms with Crippen molar-refractivity contribution in [1.29, 1.82) is 0 Å². The molecule has 0 N–H and O–H groups in total. The maximum Gasteiger partial charge on any atom is 0.245 e. The first-order valence-corrected chi connectivity index (χ1v) is 11.2. The molecule has 6 nitrogen and oxygen atoms in total. The largest absolute Gasteiger partial charge is 0.295 e. The first-order valence-electron chi connectivity index (χ1n) is 8.92. The van der Waals surface area contributed by atoms with Crippen LogP contribution in [0.3, 0.4) is 0 Å². The van der Waals surface area contributed by atoms with Gasteiger partial charge in [-0.2, -0.15) is 4.31 Å². The molecule has 8 heteroatoms. The van der Waals surface area contributed by atoms with Gasteiger partial charge in [-0.1, -0.05) is 12.1 Å². The van der Waals surface area contributed by atoms with Crippen molar-refractivity contribution in [3.8, 4) is 0 Å². The van der Waals surface area contributed by atoms with Gasteiger partial charge in [0.25, 0.3) is 0 Å². The topological polar surface area (TPSA) is 66.4 Å². The van der Waals surface area contributed by atoms with Crippen molar-refractivity contribution >= 4 is 32.3 Å². The van der Waals surface area contributed by atoms with E-state index in [2.05, 4.69) is 20.2 Å². The molecule has 0 spiro atoms. The van der Waals surface area contributed by atoms with Gasteiger partial charge >= 0.3 is 0 Å². The predicted molar refractivity (Wildman–Crippen MR) is 107 cm³/mol. The second kappa shape index (κ2) is 7.27. The highest BCUT2D eigenvalue weighted by Crippen LogP contribution is 2.25. The van der Waals surface area contributed by atoms with Gasteiger partial charge in [0.15, 0.2) is 0 Å². The molecule has 0 aliphatic carbocycles. The van der Waals surface area contributed by atoms with Crippen molar-refractivity contribution in [2.75, 3.05) is 26.2 Å². The molecule has 0 radical (unpaired) electrons. The predicted octanol–water partition coefficient (Wildman–Crippen LogP) is 2.81. The third-order valence-electron chi connectivity index (χ3n) is 4.81. The normalized spacial score (nSPS) is 16.8. The highest BCUT2D eigenvalue weighted by atomic mass is 32.2. The van der Waals surface area contributed by atoms with Gasteiger partial charge in [-0.3, -0.25) is 9.88 Å². The Morgan fingerprint density at radius 2 is 1.93 bits per heavy atom. The number of nitrogens with zero attached hydrogens (tertiary/aromatic N) is 4. The number of thiazole rings is 1. The van der Waals surface area contributed by atoms with E-state index in [1.54, 1.807) is 34.0 Å². The van der Waals surface area contributed by atoms with Crippen molar-refractivity contribution in [1.82, 2.24) is 19.2 Å². The minimum atomic E-state index is -3.56. The van der Waals surface area contributed by atoms with E-state index in [0.717, 1.165) is 28.2 Å². The molecule has 1 fully saturated rings. The summed E-state index contributed by atoms with van der Waals surface area (Å²) < 4.78 is 28.0. The fourth-order valence-corrected chi connectivity index (χ4v) is 5.62. The summed E-state index contributed by atoms with van der Waals surface area (Å²) in [6, 6.07) is 7.32. The van der Waals surface area contributed by atoms with Gasteiger partial charge < -0.3 is 0 Å². The molecule has 3 aromatic rings. The molecular weight excluding hydrogens is 380 g/mol. The molecule has 1 aliphatic heterocycles. The van der Waals surface area contributed by atoms with Gasteiger partial charge in [0.1, 0.15) is 4.90 Å². The van der Waals surface area contributed by atoms with Crippen molar-refractivity contribution in [3.05, 3.63) is 52.1 Å². The van der Waals surface area contributed by atoms with E-state index in [1.807, 2.05) is 26.0 Å². The standard InChI is InChI=1S/C19H22N4O2S2/c1-14-10-16-4-3-5-18(19(16)20-11-14)27(24,25)23-8-6-22(7-9-23)12-17-13-26-15(2)21-17/h3-5,10-11,13H,6-9,12H2,1-2H3. The molecule has 27 heavy (non-hydrogen) atoms. The van der Waals surface area contributed by atoms with Crippen LogP contribution in [0.15, 0.2) is 40.7 Å². The summed E-state index contributed by atoms with van der Waals surface area (Å²) in [5.41, 5.74) is 2.62.